The van der Waals surface area contributed by atoms with Gasteiger partial charge in [0.2, 0.25) is 0 Å². The summed E-state index contributed by atoms with van der Waals surface area (Å²) in [6, 6.07) is 6.32. The van der Waals surface area contributed by atoms with E-state index in [1.807, 2.05) is 0 Å². The molecule has 1 atom stereocenters. The van der Waals surface area contributed by atoms with Gasteiger partial charge in [-0.25, -0.2) is 8.42 Å². The predicted octanol–water partition coefficient (Wildman–Crippen LogP) is 2.35. The van der Waals surface area contributed by atoms with Crippen LogP contribution in [0.1, 0.15) is 23.7 Å². The molecule has 5 heteroatoms. The first-order valence-corrected chi connectivity index (χ1v) is 7.18. The van der Waals surface area contributed by atoms with Crippen molar-refractivity contribution in [3.63, 3.8) is 0 Å². The molecule has 0 fully saturated rings. The minimum atomic E-state index is -3.37. The summed E-state index contributed by atoms with van der Waals surface area (Å²) in [7, 11) is -3.37. The van der Waals surface area contributed by atoms with Crippen molar-refractivity contribution in [1.29, 1.82) is 0 Å². The first-order chi connectivity index (χ1) is 7.36. The molecule has 1 aromatic rings. The van der Waals surface area contributed by atoms with Crippen molar-refractivity contribution in [2.24, 2.45) is 0 Å². The van der Waals surface area contributed by atoms with Gasteiger partial charge >= 0.3 is 0 Å². The van der Waals surface area contributed by atoms with Gasteiger partial charge in [0, 0.05) is 16.8 Å². The topological polar surface area (TPSA) is 51.2 Å². The number of rotatable bonds is 4. The van der Waals surface area contributed by atoms with E-state index in [4.69, 9.17) is 11.6 Å². The Labute approximate surface area is 100 Å². The molecule has 88 valence electrons. The fourth-order valence-electron chi connectivity index (χ4n) is 1.51. The van der Waals surface area contributed by atoms with Crippen LogP contribution in [0.3, 0.4) is 0 Å². The highest BCUT2D eigenvalue weighted by Gasteiger charge is 2.27. The molecular formula is C11H13ClO3S. The van der Waals surface area contributed by atoms with Gasteiger partial charge in [-0.3, -0.25) is 4.79 Å². The molecule has 0 heterocycles. The zero-order chi connectivity index (χ0) is 12.3. The van der Waals surface area contributed by atoms with E-state index in [2.05, 4.69) is 0 Å². The summed E-state index contributed by atoms with van der Waals surface area (Å²) in [4.78, 5) is 11.9. The molecule has 0 spiro atoms. The maximum atomic E-state index is 11.9. The highest BCUT2D eigenvalue weighted by molar-refractivity contribution is 7.92. The monoisotopic (exact) mass is 260 g/mol. The van der Waals surface area contributed by atoms with E-state index in [-0.39, 0.29) is 6.42 Å². The second-order valence-corrected chi connectivity index (χ2v) is 6.27. The number of hydrogen-bond donors (Lipinski definition) is 0. The Morgan fingerprint density at radius 1 is 1.44 bits per heavy atom. The third-order valence-electron chi connectivity index (χ3n) is 2.29. The zero-order valence-corrected chi connectivity index (χ0v) is 10.7. The van der Waals surface area contributed by atoms with Gasteiger partial charge < -0.3 is 0 Å². The van der Waals surface area contributed by atoms with Crippen molar-refractivity contribution in [3.05, 3.63) is 34.9 Å². The summed E-state index contributed by atoms with van der Waals surface area (Å²) in [5, 5.41) is -0.555. The molecule has 0 saturated carbocycles. The van der Waals surface area contributed by atoms with Crippen molar-refractivity contribution in [2.45, 2.75) is 18.6 Å². The summed E-state index contributed by atoms with van der Waals surface area (Å²) in [5.41, 5.74) is 0.338. The van der Waals surface area contributed by atoms with Crippen molar-refractivity contribution >= 4 is 27.2 Å². The summed E-state index contributed by atoms with van der Waals surface area (Å²) >= 11 is 5.75. The molecule has 1 aromatic carbocycles. The van der Waals surface area contributed by atoms with Gasteiger partial charge in [0.15, 0.2) is 15.6 Å². The van der Waals surface area contributed by atoms with Crippen LogP contribution in [0.4, 0.5) is 0 Å². The molecule has 1 rings (SSSR count). The normalized spacial score (nSPS) is 13.4. The van der Waals surface area contributed by atoms with Crippen LogP contribution in [0.5, 0.6) is 0 Å². The molecule has 0 aromatic heterocycles. The molecule has 0 bridgehead atoms. The molecule has 0 amide bonds. The number of ketones is 1. The van der Waals surface area contributed by atoms with Crippen molar-refractivity contribution < 1.29 is 13.2 Å². The number of carbonyl (C=O) groups excluding carboxylic acids is 1. The van der Waals surface area contributed by atoms with Gasteiger partial charge in [0.25, 0.3) is 0 Å². The lowest BCUT2D eigenvalue weighted by molar-refractivity contribution is 0.0985. The number of hydrogen-bond acceptors (Lipinski definition) is 3. The van der Waals surface area contributed by atoms with Gasteiger partial charge in [-0.15, -0.1) is 0 Å². The number of benzene rings is 1. The highest BCUT2D eigenvalue weighted by Crippen LogP contribution is 2.16. The van der Waals surface area contributed by atoms with E-state index in [0.29, 0.717) is 10.6 Å². The Kier molecular flexibility index (Phi) is 4.10. The number of halogens is 1. The quantitative estimate of drug-likeness (QED) is 0.781. The lowest BCUT2D eigenvalue weighted by atomic mass is 10.1. The smallest absolute Gasteiger partial charge is 0.180 e. The summed E-state index contributed by atoms with van der Waals surface area (Å²) in [6.45, 7) is 1.67. The van der Waals surface area contributed by atoms with E-state index < -0.39 is 20.9 Å². The first kappa shape index (κ1) is 13.2. The second-order valence-electron chi connectivity index (χ2n) is 3.60. The van der Waals surface area contributed by atoms with Gasteiger partial charge in [0.05, 0.1) is 0 Å². The zero-order valence-electron chi connectivity index (χ0n) is 9.10. The summed E-state index contributed by atoms with van der Waals surface area (Å²) in [5.74, 6) is -0.396. The average Bonchev–Trinajstić information content (AvgIpc) is 2.16. The van der Waals surface area contributed by atoms with Crippen LogP contribution >= 0.6 is 11.6 Å². The second kappa shape index (κ2) is 4.97. The van der Waals surface area contributed by atoms with E-state index in [0.717, 1.165) is 6.26 Å². The standard InChI is InChI=1S/C11H13ClO3S/c1-3-10(16(2,14)15)11(13)8-5-4-6-9(12)7-8/h4-7,10H,3H2,1-2H3. The molecule has 0 aliphatic carbocycles. The molecule has 0 N–H and O–H groups in total. The Bertz CT molecular complexity index is 494. The van der Waals surface area contributed by atoms with Crippen molar-refractivity contribution in [1.82, 2.24) is 0 Å². The molecule has 0 radical (unpaired) electrons. The van der Waals surface area contributed by atoms with Crippen LogP contribution in [-0.4, -0.2) is 25.7 Å². The Morgan fingerprint density at radius 3 is 2.50 bits per heavy atom. The molecule has 0 saturated heterocycles. The van der Waals surface area contributed by atoms with Crippen LogP contribution in [0.25, 0.3) is 0 Å². The van der Waals surface area contributed by atoms with Gasteiger partial charge in [-0.2, -0.15) is 0 Å². The molecule has 0 aliphatic heterocycles. The van der Waals surface area contributed by atoms with E-state index >= 15 is 0 Å². The van der Waals surface area contributed by atoms with Gasteiger partial charge in [-0.05, 0) is 18.6 Å². The van der Waals surface area contributed by atoms with Gasteiger partial charge in [-0.1, -0.05) is 30.7 Å². The van der Waals surface area contributed by atoms with E-state index in [1.165, 1.54) is 6.07 Å². The maximum Gasteiger partial charge on any atom is 0.180 e. The number of Topliss-reactive ketones (excluding diaryl/α,β-unsaturated/α-hetero) is 1. The SMILES string of the molecule is CCC(C(=O)c1cccc(Cl)c1)S(C)(=O)=O. The van der Waals surface area contributed by atoms with Gasteiger partial charge in [0.1, 0.15) is 5.25 Å². The number of sulfone groups is 1. The minimum absolute atomic E-state index is 0.268. The minimum Gasteiger partial charge on any atom is -0.293 e. The molecular weight excluding hydrogens is 248 g/mol. The lowest BCUT2D eigenvalue weighted by Crippen LogP contribution is -2.28. The third-order valence-corrected chi connectivity index (χ3v) is 4.11. The van der Waals surface area contributed by atoms with Crippen LogP contribution < -0.4 is 0 Å². The van der Waals surface area contributed by atoms with Crippen LogP contribution in [0.2, 0.25) is 5.02 Å². The Hall–Kier alpha value is -0.870. The fourth-order valence-corrected chi connectivity index (χ4v) is 2.83. The van der Waals surface area contributed by atoms with Crippen molar-refractivity contribution in [3.8, 4) is 0 Å². The van der Waals surface area contributed by atoms with E-state index in [1.54, 1.807) is 25.1 Å². The molecule has 3 nitrogen and oxygen atoms in total. The highest BCUT2D eigenvalue weighted by atomic mass is 35.5. The summed E-state index contributed by atoms with van der Waals surface area (Å²) < 4.78 is 22.8. The van der Waals surface area contributed by atoms with Crippen LogP contribution in [-0.2, 0) is 9.84 Å². The van der Waals surface area contributed by atoms with Crippen LogP contribution in [0.15, 0.2) is 24.3 Å². The Morgan fingerprint density at radius 2 is 2.06 bits per heavy atom. The van der Waals surface area contributed by atoms with Crippen molar-refractivity contribution in [2.75, 3.05) is 6.26 Å². The van der Waals surface area contributed by atoms with E-state index in [9.17, 15) is 13.2 Å². The maximum absolute atomic E-state index is 11.9. The largest absolute Gasteiger partial charge is 0.293 e. The van der Waals surface area contributed by atoms with Crippen LogP contribution in [0, 0.1) is 0 Å². The first-order valence-electron chi connectivity index (χ1n) is 4.85. The average molecular weight is 261 g/mol. The molecule has 1 unspecified atom stereocenters. The number of carbonyl (C=O) groups is 1. The summed E-state index contributed by atoms with van der Waals surface area (Å²) in [6.07, 6.45) is 1.34. The lowest BCUT2D eigenvalue weighted by Gasteiger charge is -2.11. The molecule has 16 heavy (non-hydrogen) atoms. The molecule has 0 aliphatic rings. The predicted molar refractivity (Wildman–Crippen MR) is 64.7 cm³/mol. The fraction of sp³-hybridized carbons (Fsp3) is 0.364. The Balaban J connectivity index is 3.11. The third kappa shape index (κ3) is 3.06.